The molecule has 7 nitrogen and oxygen atoms in total. The molecule has 10 heteroatoms. The van der Waals surface area contributed by atoms with Crippen LogP contribution in [0.3, 0.4) is 0 Å². The summed E-state index contributed by atoms with van der Waals surface area (Å²) in [5, 5.41) is 6.11. The van der Waals surface area contributed by atoms with Gasteiger partial charge in [-0.3, -0.25) is 4.79 Å². The minimum absolute atomic E-state index is 0.0906. The Labute approximate surface area is 186 Å². The van der Waals surface area contributed by atoms with Gasteiger partial charge >= 0.3 is 6.61 Å². The van der Waals surface area contributed by atoms with Gasteiger partial charge in [0.2, 0.25) is 5.88 Å². The van der Waals surface area contributed by atoms with Crippen molar-refractivity contribution >= 4 is 39.1 Å². The molecule has 0 aliphatic rings. The summed E-state index contributed by atoms with van der Waals surface area (Å²) < 4.78 is 28.6. The highest BCUT2D eigenvalue weighted by atomic mass is 32.1. The quantitative estimate of drug-likeness (QED) is 0.387. The maximum Gasteiger partial charge on any atom is 0.388 e. The molecule has 0 radical (unpaired) electrons. The average Bonchev–Trinajstić information content (AvgIpc) is 3.13. The predicted octanol–water partition coefficient (Wildman–Crippen LogP) is 5.42. The molecule has 0 aliphatic carbocycles. The highest BCUT2D eigenvalue weighted by Gasteiger charge is 2.12. The molecule has 0 spiro atoms. The number of amides is 1. The third-order valence-corrected chi connectivity index (χ3v) is 5.52. The first-order valence-corrected chi connectivity index (χ1v) is 10.5. The molecule has 1 atom stereocenters. The zero-order valence-electron chi connectivity index (χ0n) is 17.2. The topological polar surface area (TPSA) is 89.0 Å². The van der Waals surface area contributed by atoms with Crippen LogP contribution in [0.15, 0.2) is 54.9 Å². The van der Waals surface area contributed by atoms with Gasteiger partial charge in [0.15, 0.2) is 0 Å². The molecule has 0 bridgehead atoms. The lowest BCUT2D eigenvalue weighted by atomic mass is 10.1. The number of pyridine rings is 1. The van der Waals surface area contributed by atoms with Crippen LogP contribution < -0.4 is 15.4 Å². The van der Waals surface area contributed by atoms with Crippen molar-refractivity contribution in [1.29, 1.82) is 0 Å². The van der Waals surface area contributed by atoms with E-state index >= 15 is 0 Å². The minimum atomic E-state index is -2.97. The first-order valence-electron chi connectivity index (χ1n) is 9.69. The van der Waals surface area contributed by atoms with Crippen molar-refractivity contribution in [3.8, 4) is 5.88 Å². The molecule has 0 fully saturated rings. The van der Waals surface area contributed by atoms with Crippen molar-refractivity contribution in [2.24, 2.45) is 0 Å². The molecule has 4 aromatic rings. The Hall–Kier alpha value is -3.66. The van der Waals surface area contributed by atoms with Crippen molar-refractivity contribution in [2.75, 3.05) is 10.6 Å². The van der Waals surface area contributed by atoms with Crippen molar-refractivity contribution in [1.82, 2.24) is 15.0 Å². The van der Waals surface area contributed by atoms with E-state index in [2.05, 4.69) is 30.3 Å². The Morgan fingerprint density at radius 2 is 1.97 bits per heavy atom. The van der Waals surface area contributed by atoms with E-state index < -0.39 is 12.5 Å². The Balaban J connectivity index is 1.43. The Bertz CT molecular complexity index is 1250. The lowest BCUT2D eigenvalue weighted by Crippen LogP contribution is -2.13. The fraction of sp³-hybridized carbons (Fsp3) is 0.182. The van der Waals surface area contributed by atoms with Crippen LogP contribution in [0.2, 0.25) is 0 Å². The number of carbonyl (C=O) groups is 1. The summed E-state index contributed by atoms with van der Waals surface area (Å²) in [6, 6.07) is 11.9. The summed E-state index contributed by atoms with van der Waals surface area (Å²) in [6.45, 7) is 1.03. The molecule has 1 amide bonds. The number of benzene rings is 1. The third-order valence-electron chi connectivity index (χ3n) is 4.58. The minimum Gasteiger partial charge on any atom is -0.417 e. The standard InChI is InChI=1S/C22H19F2N5O2S/c1-12-8-17-21(32-12)29-18(11-25-17)27-13(2)14-4-3-5-16(9-14)28-20(30)15-6-7-19(26-10-15)31-22(23)24/h3-11,13,22H,1-2H3,(H,27,29)(H,28,30)/t13-/m0/s1. The van der Waals surface area contributed by atoms with Crippen LogP contribution in [0.25, 0.3) is 10.3 Å². The summed E-state index contributed by atoms with van der Waals surface area (Å²) in [5.74, 6) is -0.000783. The third kappa shape index (κ3) is 5.14. The highest BCUT2D eigenvalue weighted by molar-refractivity contribution is 7.18. The molecule has 2 N–H and O–H groups in total. The number of rotatable bonds is 7. The van der Waals surface area contributed by atoms with Crippen molar-refractivity contribution in [3.05, 3.63) is 70.9 Å². The van der Waals surface area contributed by atoms with Crippen molar-refractivity contribution in [2.45, 2.75) is 26.5 Å². The molecule has 3 heterocycles. The van der Waals surface area contributed by atoms with Gasteiger partial charge in [0, 0.05) is 22.8 Å². The molecule has 3 aromatic heterocycles. The van der Waals surface area contributed by atoms with Gasteiger partial charge in [-0.25, -0.2) is 15.0 Å². The predicted molar refractivity (Wildman–Crippen MR) is 119 cm³/mol. The van der Waals surface area contributed by atoms with Crippen LogP contribution in [0.4, 0.5) is 20.3 Å². The number of carbonyl (C=O) groups excluding carboxylic acids is 1. The second kappa shape index (κ2) is 9.23. The highest BCUT2D eigenvalue weighted by Crippen LogP contribution is 2.25. The van der Waals surface area contributed by atoms with Gasteiger partial charge in [-0.1, -0.05) is 12.1 Å². The zero-order valence-corrected chi connectivity index (χ0v) is 18.0. The van der Waals surface area contributed by atoms with Crippen LogP contribution >= 0.6 is 11.3 Å². The van der Waals surface area contributed by atoms with Gasteiger partial charge in [-0.2, -0.15) is 8.78 Å². The van der Waals surface area contributed by atoms with E-state index in [0.717, 1.165) is 20.8 Å². The molecular weight excluding hydrogens is 436 g/mol. The maximum absolute atomic E-state index is 12.5. The summed E-state index contributed by atoms with van der Waals surface area (Å²) in [4.78, 5) is 27.3. The van der Waals surface area contributed by atoms with Gasteiger partial charge in [-0.15, -0.1) is 11.3 Å². The molecule has 0 saturated heterocycles. The number of nitrogens with one attached hydrogen (secondary N) is 2. The van der Waals surface area contributed by atoms with Crippen molar-refractivity contribution < 1.29 is 18.3 Å². The molecular formula is C22H19F2N5O2S. The summed E-state index contributed by atoms with van der Waals surface area (Å²) in [6.07, 6.45) is 2.88. The second-order valence-electron chi connectivity index (χ2n) is 7.01. The van der Waals surface area contributed by atoms with E-state index in [1.165, 1.54) is 18.3 Å². The van der Waals surface area contributed by atoms with E-state index in [9.17, 15) is 13.6 Å². The van der Waals surface area contributed by atoms with E-state index in [0.29, 0.717) is 11.5 Å². The van der Waals surface area contributed by atoms with Gasteiger partial charge in [0.05, 0.1) is 17.8 Å². The second-order valence-corrected chi connectivity index (χ2v) is 8.25. The number of aromatic nitrogens is 3. The first kappa shape index (κ1) is 21.6. The monoisotopic (exact) mass is 455 g/mol. The molecule has 0 aliphatic heterocycles. The number of alkyl halides is 2. The number of anilines is 2. The Morgan fingerprint density at radius 3 is 2.72 bits per heavy atom. The Kier molecular flexibility index (Phi) is 6.22. The molecule has 0 unspecified atom stereocenters. The van der Waals surface area contributed by atoms with E-state index in [1.54, 1.807) is 23.6 Å². The maximum atomic E-state index is 12.5. The summed E-state index contributed by atoms with van der Waals surface area (Å²) in [7, 11) is 0. The number of hydrogen-bond donors (Lipinski definition) is 2. The van der Waals surface area contributed by atoms with Crippen LogP contribution in [-0.4, -0.2) is 27.5 Å². The normalized spacial score (nSPS) is 12.0. The van der Waals surface area contributed by atoms with Crippen molar-refractivity contribution in [3.63, 3.8) is 0 Å². The van der Waals surface area contributed by atoms with Crippen LogP contribution in [0.5, 0.6) is 5.88 Å². The molecule has 0 saturated carbocycles. The van der Waals surface area contributed by atoms with Crippen LogP contribution in [-0.2, 0) is 0 Å². The number of fused-ring (bicyclic) bond motifs is 1. The number of hydrogen-bond acceptors (Lipinski definition) is 7. The van der Waals surface area contributed by atoms with Gasteiger partial charge in [0.25, 0.3) is 5.91 Å². The molecule has 1 aromatic carbocycles. The molecule has 32 heavy (non-hydrogen) atoms. The number of thiophene rings is 1. The van der Waals surface area contributed by atoms with Gasteiger partial charge < -0.3 is 15.4 Å². The summed E-state index contributed by atoms with van der Waals surface area (Å²) >= 11 is 1.59. The number of ether oxygens (including phenoxy) is 1. The molecule has 4 rings (SSSR count). The van der Waals surface area contributed by atoms with E-state index in [-0.39, 0.29) is 17.5 Å². The Morgan fingerprint density at radius 1 is 1.12 bits per heavy atom. The average molecular weight is 455 g/mol. The fourth-order valence-electron chi connectivity index (χ4n) is 3.07. The lowest BCUT2D eigenvalue weighted by molar-refractivity contribution is -0.0528. The fourth-order valence-corrected chi connectivity index (χ4v) is 3.91. The van der Waals surface area contributed by atoms with Crippen LogP contribution in [0, 0.1) is 6.92 Å². The van der Waals surface area contributed by atoms with E-state index in [1.807, 2.05) is 38.1 Å². The van der Waals surface area contributed by atoms with Gasteiger partial charge in [0.1, 0.15) is 16.2 Å². The largest absolute Gasteiger partial charge is 0.417 e. The number of nitrogens with zero attached hydrogens (tertiary/aromatic N) is 3. The number of halogens is 2. The van der Waals surface area contributed by atoms with Gasteiger partial charge in [-0.05, 0) is 43.7 Å². The zero-order chi connectivity index (χ0) is 22.7. The molecule has 164 valence electrons. The smallest absolute Gasteiger partial charge is 0.388 e. The first-order chi connectivity index (χ1) is 15.4. The lowest BCUT2D eigenvalue weighted by Gasteiger charge is -2.16. The SMILES string of the molecule is Cc1cc2ncc(N[C@@H](C)c3cccc(NC(=O)c4ccc(OC(F)F)nc4)c3)nc2s1. The summed E-state index contributed by atoms with van der Waals surface area (Å²) in [5.41, 5.74) is 2.62. The number of aryl methyl sites for hydroxylation is 1. The van der Waals surface area contributed by atoms with Crippen LogP contribution in [0.1, 0.15) is 33.8 Å². The van der Waals surface area contributed by atoms with E-state index in [4.69, 9.17) is 0 Å².